The van der Waals surface area contributed by atoms with Gasteiger partial charge >= 0.3 is 0 Å². The summed E-state index contributed by atoms with van der Waals surface area (Å²) in [5.41, 5.74) is 3.03. The summed E-state index contributed by atoms with van der Waals surface area (Å²) in [7, 11) is 1.88. The standard InChI is InChI=1S/C16H15ClN4/c1-21-11-13(10-18-21)14-9-15(17)20-16(19-14)8-7-12-5-3-2-4-6-12/h2-6,9-11H,7-8H2,1H3. The van der Waals surface area contributed by atoms with E-state index in [1.807, 2.05) is 31.4 Å². The maximum Gasteiger partial charge on any atom is 0.133 e. The van der Waals surface area contributed by atoms with E-state index in [1.165, 1.54) is 5.56 Å². The molecule has 0 aliphatic rings. The predicted molar refractivity (Wildman–Crippen MR) is 83.1 cm³/mol. The number of hydrogen-bond donors (Lipinski definition) is 0. The van der Waals surface area contributed by atoms with Crippen LogP contribution in [0.1, 0.15) is 11.4 Å². The van der Waals surface area contributed by atoms with Gasteiger partial charge in [-0.05, 0) is 12.0 Å². The molecule has 0 unspecified atom stereocenters. The molecular formula is C16H15ClN4. The van der Waals surface area contributed by atoms with Crippen LogP contribution in [0, 0.1) is 0 Å². The third kappa shape index (κ3) is 3.47. The maximum atomic E-state index is 6.11. The van der Waals surface area contributed by atoms with Crippen molar-refractivity contribution in [1.29, 1.82) is 0 Å². The fourth-order valence-corrected chi connectivity index (χ4v) is 2.38. The van der Waals surface area contributed by atoms with Crippen molar-refractivity contribution in [3.05, 3.63) is 65.3 Å². The van der Waals surface area contributed by atoms with E-state index in [0.717, 1.165) is 29.9 Å². The molecule has 1 aromatic carbocycles. The molecule has 0 atom stereocenters. The fraction of sp³-hybridized carbons (Fsp3) is 0.188. The first-order chi connectivity index (χ1) is 10.2. The average molecular weight is 299 g/mol. The first kappa shape index (κ1) is 13.8. The largest absolute Gasteiger partial charge is 0.275 e. The Balaban J connectivity index is 1.81. The molecule has 2 heterocycles. The molecule has 106 valence electrons. The van der Waals surface area contributed by atoms with Gasteiger partial charge in [0.1, 0.15) is 11.0 Å². The molecule has 0 bridgehead atoms. The van der Waals surface area contributed by atoms with E-state index in [0.29, 0.717) is 5.15 Å². The summed E-state index contributed by atoms with van der Waals surface area (Å²) in [6.45, 7) is 0. The Hall–Kier alpha value is -2.20. The zero-order chi connectivity index (χ0) is 14.7. The van der Waals surface area contributed by atoms with E-state index in [1.54, 1.807) is 16.9 Å². The lowest BCUT2D eigenvalue weighted by molar-refractivity contribution is 0.768. The van der Waals surface area contributed by atoms with Crippen LogP contribution >= 0.6 is 11.6 Å². The molecule has 0 radical (unpaired) electrons. The fourth-order valence-electron chi connectivity index (χ4n) is 2.18. The van der Waals surface area contributed by atoms with Crippen LogP contribution in [0.4, 0.5) is 0 Å². The highest BCUT2D eigenvalue weighted by Gasteiger charge is 2.07. The molecule has 0 N–H and O–H groups in total. The monoisotopic (exact) mass is 298 g/mol. The molecule has 0 saturated heterocycles. The highest BCUT2D eigenvalue weighted by Crippen LogP contribution is 2.19. The minimum absolute atomic E-state index is 0.465. The minimum Gasteiger partial charge on any atom is -0.275 e. The molecule has 0 aliphatic carbocycles. The summed E-state index contributed by atoms with van der Waals surface area (Å²) in [5.74, 6) is 0.755. The lowest BCUT2D eigenvalue weighted by atomic mass is 10.1. The predicted octanol–water partition coefficient (Wildman–Crippen LogP) is 3.32. The Labute approximate surface area is 128 Å². The van der Waals surface area contributed by atoms with Crippen molar-refractivity contribution in [3.63, 3.8) is 0 Å². The molecule has 3 rings (SSSR count). The summed E-state index contributed by atoms with van der Waals surface area (Å²) >= 11 is 6.11. The van der Waals surface area contributed by atoms with Crippen molar-refractivity contribution < 1.29 is 0 Å². The second kappa shape index (κ2) is 6.06. The Morgan fingerprint density at radius 3 is 2.62 bits per heavy atom. The summed E-state index contributed by atoms with van der Waals surface area (Å²) in [5, 5.41) is 4.62. The highest BCUT2D eigenvalue weighted by atomic mass is 35.5. The van der Waals surface area contributed by atoms with Crippen LogP contribution in [0.5, 0.6) is 0 Å². The average Bonchev–Trinajstić information content (AvgIpc) is 2.92. The van der Waals surface area contributed by atoms with Gasteiger partial charge in [0.15, 0.2) is 0 Å². The smallest absolute Gasteiger partial charge is 0.133 e. The number of nitrogens with zero attached hydrogens (tertiary/aromatic N) is 4. The second-order valence-electron chi connectivity index (χ2n) is 4.88. The van der Waals surface area contributed by atoms with E-state index in [9.17, 15) is 0 Å². The Bertz CT molecular complexity index is 737. The van der Waals surface area contributed by atoms with Crippen molar-refractivity contribution in [2.24, 2.45) is 7.05 Å². The molecular weight excluding hydrogens is 284 g/mol. The molecule has 2 aromatic heterocycles. The normalized spacial score (nSPS) is 10.8. The SMILES string of the molecule is Cn1cc(-c2cc(Cl)nc(CCc3ccccc3)n2)cn1. The van der Waals surface area contributed by atoms with Crippen molar-refractivity contribution >= 4 is 11.6 Å². The van der Waals surface area contributed by atoms with Gasteiger partial charge in [-0.15, -0.1) is 0 Å². The third-order valence-electron chi connectivity index (χ3n) is 3.22. The summed E-state index contributed by atoms with van der Waals surface area (Å²) < 4.78 is 1.75. The van der Waals surface area contributed by atoms with Crippen LogP contribution in [0.15, 0.2) is 48.8 Å². The molecule has 0 fully saturated rings. The second-order valence-corrected chi connectivity index (χ2v) is 5.27. The summed E-state index contributed by atoms with van der Waals surface area (Å²) in [6, 6.07) is 12.1. The molecule has 3 aromatic rings. The van der Waals surface area contributed by atoms with E-state index in [4.69, 9.17) is 11.6 Å². The van der Waals surface area contributed by atoms with Gasteiger partial charge in [0.05, 0.1) is 11.9 Å². The van der Waals surface area contributed by atoms with Gasteiger partial charge in [-0.25, -0.2) is 9.97 Å². The van der Waals surface area contributed by atoms with Crippen LogP contribution in [-0.2, 0) is 19.9 Å². The summed E-state index contributed by atoms with van der Waals surface area (Å²) in [4.78, 5) is 8.89. The molecule has 0 saturated carbocycles. The number of halogens is 1. The third-order valence-corrected chi connectivity index (χ3v) is 3.42. The highest BCUT2D eigenvalue weighted by molar-refractivity contribution is 6.29. The zero-order valence-electron chi connectivity index (χ0n) is 11.7. The number of benzene rings is 1. The van der Waals surface area contributed by atoms with E-state index >= 15 is 0 Å². The number of hydrogen-bond acceptors (Lipinski definition) is 3. The van der Waals surface area contributed by atoms with Crippen LogP contribution in [0.2, 0.25) is 5.15 Å². The Morgan fingerprint density at radius 1 is 1.10 bits per heavy atom. The minimum atomic E-state index is 0.465. The van der Waals surface area contributed by atoms with Crippen molar-refractivity contribution in [1.82, 2.24) is 19.7 Å². The van der Waals surface area contributed by atoms with Gasteiger partial charge in [0.2, 0.25) is 0 Å². The van der Waals surface area contributed by atoms with Gasteiger partial charge in [-0.1, -0.05) is 41.9 Å². The molecule has 0 amide bonds. The van der Waals surface area contributed by atoms with Gasteiger partial charge in [0.25, 0.3) is 0 Å². The zero-order valence-corrected chi connectivity index (χ0v) is 12.5. The van der Waals surface area contributed by atoms with Gasteiger partial charge in [-0.2, -0.15) is 5.10 Å². The number of aromatic nitrogens is 4. The molecule has 0 aliphatic heterocycles. The Morgan fingerprint density at radius 2 is 1.90 bits per heavy atom. The summed E-state index contributed by atoms with van der Waals surface area (Å²) in [6.07, 6.45) is 5.35. The van der Waals surface area contributed by atoms with Crippen molar-refractivity contribution in [2.75, 3.05) is 0 Å². The lowest BCUT2D eigenvalue weighted by Crippen LogP contribution is -2.00. The number of aryl methyl sites for hydroxylation is 3. The first-order valence-corrected chi connectivity index (χ1v) is 7.15. The lowest BCUT2D eigenvalue weighted by Gasteiger charge is -2.04. The van der Waals surface area contributed by atoms with Crippen LogP contribution in [-0.4, -0.2) is 19.7 Å². The topological polar surface area (TPSA) is 43.6 Å². The van der Waals surface area contributed by atoms with E-state index in [-0.39, 0.29) is 0 Å². The number of rotatable bonds is 4. The van der Waals surface area contributed by atoms with Crippen molar-refractivity contribution in [2.45, 2.75) is 12.8 Å². The quantitative estimate of drug-likeness (QED) is 0.694. The van der Waals surface area contributed by atoms with Gasteiger partial charge in [-0.3, -0.25) is 4.68 Å². The van der Waals surface area contributed by atoms with Gasteiger partial charge in [0, 0.05) is 31.3 Å². The molecule has 0 spiro atoms. The Kier molecular flexibility index (Phi) is 3.97. The molecule has 5 heteroatoms. The molecule has 21 heavy (non-hydrogen) atoms. The van der Waals surface area contributed by atoms with Crippen LogP contribution in [0.25, 0.3) is 11.3 Å². The maximum absolute atomic E-state index is 6.11. The van der Waals surface area contributed by atoms with Crippen molar-refractivity contribution in [3.8, 4) is 11.3 Å². The van der Waals surface area contributed by atoms with Gasteiger partial charge < -0.3 is 0 Å². The van der Waals surface area contributed by atoms with E-state index < -0.39 is 0 Å². The van der Waals surface area contributed by atoms with E-state index in [2.05, 4.69) is 27.2 Å². The van der Waals surface area contributed by atoms with Crippen LogP contribution < -0.4 is 0 Å². The first-order valence-electron chi connectivity index (χ1n) is 6.77. The van der Waals surface area contributed by atoms with Crippen LogP contribution in [0.3, 0.4) is 0 Å². The molecule has 4 nitrogen and oxygen atoms in total.